The molecule has 0 saturated heterocycles. The fourth-order valence-electron chi connectivity index (χ4n) is 5.99. The number of aliphatic hydroxyl groups is 2. The van der Waals surface area contributed by atoms with E-state index in [0.717, 1.165) is 25.7 Å². The monoisotopic (exact) mass is 324 g/mol. The summed E-state index contributed by atoms with van der Waals surface area (Å²) in [5.74, 6) is 1.24. The summed E-state index contributed by atoms with van der Waals surface area (Å²) in [7, 11) is 0. The first-order chi connectivity index (χ1) is 10.3. The van der Waals surface area contributed by atoms with Gasteiger partial charge in [-0.2, -0.15) is 0 Å². The van der Waals surface area contributed by atoms with Gasteiger partial charge >= 0.3 is 0 Å². The van der Waals surface area contributed by atoms with E-state index in [1.54, 1.807) is 0 Å². The lowest BCUT2D eigenvalue weighted by Crippen LogP contribution is -2.57. The summed E-state index contributed by atoms with van der Waals surface area (Å²) in [4.78, 5) is 0. The van der Waals surface area contributed by atoms with Crippen LogP contribution >= 0.6 is 0 Å². The molecule has 2 aliphatic rings. The predicted molar refractivity (Wildman–Crippen MR) is 97.3 cm³/mol. The van der Waals surface area contributed by atoms with E-state index in [0.29, 0.717) is 17.3 Å². The minimum Gasteiger partial charge on any atom is -0.390 e. The van der Waals surface area contributed by atoms with Crippen LogP contribution in [0.4, 0.5) is 0 Å². The van der Waals surface area contributed by atoms with Gasteiger partial charge in [-0.15, -0.1) is 0 Å². The molecule has 0 spiro atoms. The number of hydrogen-bond donors (Lipinski definition) is 2. The van der Waals surface area contributed by atoms with Gasteiger partial charge in [-0.1, -0.05) is 41.0 Å². The van der Waals surface area contributed by atoms with Gasteiger partial charge in [0, 0.05) is 0 Å². The van der Waals surface area contributed by atoms with Gasteiger partial charge in [-0.3, -0.25) is 0 Å². The van der Waals surface area contributed by atoms with Gasteiger partial charge < -0.3 is 10.2 Å². The van der Waals surface area contributed by atoms with Crippen molar-refractivity contribution < 1.29 is 10.2 Å². The van der Waals surface area contributed by atoms with E-state index >= 15 is 0 Å². The van der Waals surface area contributed by atoms with E-state index in [9.17, 15) is 10.2 Å². The third-order valence-electron chi connectivity index (χ3n) is 7.94. The molecule has 0 heterocycles. The summed E-state index contributed by atoms with van der Waals surface area (Å²) in [6.45, 7) is 15.5. The smallest absolute Gasteiger partial charge is 0.0653 e. The van der Waals surface area contributed by atoms with Crippen LogP contribution in [0.2, 0.25) is 0 Å². The van der Waals surface area contributed by atoms with E-state index in [1.165, 1.54) is 19.3 Å². The quantitative estimate of drug-likeness (QED) is 0.749. The topological polar surface area (TPSA) is 40.5 Å². The van der Waals surface area contributed by atoms with Crippen molar-refractivity contribution in [2.45, 2.75) is 105 Å². The largest absolute Gasteiger partial charge is 0.390 e. The van der Waals surface area contributed by atoms with Crippen molar-refractivity contribution in [1.29, 1.82) is 0 Å². The number of hydrogen-bond acceptors (Lipinski definition) is 2. The Bertz CT molecular complexity index is 422. The molecule has 0 aromatic heterocycles. The molecule has 2 aliphatic carbocycles. The molecule has 2 saturated carbocycles. The Morgan fingerprint density at radius 3 is 2.26 bits per heavy atom. The summed E-state index contributed by atoms with van der Waals surface area (Å²) in [6.07, 6.45) is 7.58. The lowest BCUT2D eigenvalue weighted by molar-refractivity contribution is -0.173. The Morgan fingerprint density at radius 1 is 1.09 bits per heavy atom. The molecule has 0 aliphatic heterocycles. The number of rotatable bonds is 4. The second-order valence-corrected chi connectivity index (χ2v) is 10.4. The summed E-state index contributed by atoms with van der Waals surface area (Å²) in [5, 5.41) is 21.9. The van der Waals surface area contributed by atoms with Gasteiger partial charge in [0.05, 0.1) is 11.2 Å². The van der Waals surface area contributed by atoms with Crippen molar-refractivity contribution in [1.82, 2.24) is 0 Å². The molecule has 0 unspecified atom stereocenters. The van der Waals surface area contributed by atoms with Crippen LogP contribution in [-0.2, 0) is 0 Å². The Balaban J connectivity index is 2.26. The SMILES string of the molecule is CC(C)[C@](C)(O)CC[C@@H]1[C@@]2(C)CCCC(C)(C)[C@@H]2CC[C@@]1(C)O. The van der Waals surface area contributed by atoms with Crippen LogP contribution in [0.15, 0.2) is 0 Å². The Hall–Kier alpha value is -0.0800. The van der Waals surface area contributed by atoms with Crippen molar-refractivity contribution in [2.75, 3.05) is 0 Å². The molecule has 23 heavy (non-hydrogen) atoms. The predicted octanol–water partition coefficient (Wildman–Crippen LogP) is 5.17. The van der Waals surface area contributed by atoms with E-state index in [1.807, 2.05) is 13.8 Å². The second kappa shape index (κ2) is 6.02. The average Bonchev–Trinajstić information content (AvgIpc) is 2.35. The Kier molecular flexibility index (Phi) is 5.04. The zero-order valence-corrected chi connectivity index (χ0v) is 16.6. The van der Waals surface area contributed by atoms with Gasteiger partial charge in [0.25, 0.3) is 0 Å². The lowest BCUT2D eigenvalue weighted by atomic mass is 9.45. The van der Waals surface area contributed by atoms with Gasteiger partial charge in [0.1, 0.15) is 0 Å². The maximum atomic E-state index is 11.2. The first kappa shape index (κ1) is 19.2. The van der Waals surface area contributed by atoms with Crippen molar-refractivity contribution in [3.63, 3.8) is 0 Å². The van der Waals surface area contributed by atoms with Crippen molar-refractivity contribution in [3.05, 3.63) is 0 Å². The fraction of sp³-hybridized carbons (Fsp3) is 1.00. The Morgan fingerprint density at radius 2 is 1.70 bits per heavy atom. The van der Waals surface area contributed by atoms with Crippen LogP contribution in [0.5, 0.6) is 0 Å². The van der Waals surface area contributed by atoms with Crippen LogP contribution in [-0.4, -0.2) is 21.4 Å². The van der Waals surface area contributed by atoms with Crippen LogP contribution in [0.25, 0.3) is 0 Å². The molecule has 5 atom stereocenters. The fourth-order valence-corrected chi connectivity index (χ4v) is 5.99. The first-order valence-electron chi connectivity index (χ1n) is 9.78. The van der Waals surface area contributed by atoms with Crippen molar-refractivity contribution in [2.24, 2.45) is 28.6 Å². The summed E-state index contributed by atoms with van der Waals surface area (Å²) in [5.41, 5.74) is -0.645. The third kappa shape index (κ3) is 3.49. The average molecular weight is 325 g/mol. The molecule has 2 nitrogen and oxygen atoms in total. The van der Waals surface area contributed by atoms with Gasteiger partial charge in [0.15, 0.2) is 0 Å². The lowest BCUT2D eigenvalue weighted by Gasteiger charge is -2.61. The highest BCUT2D eigenvalue weighted by atomic mass is 16.3. The molecule has 0 radical (unpaired) electrons. The molecule has 2 rings (SSSR count). The highest BCUT2D eigenvalue weighted by molar-refractivity contribution is 5.07. The molecular weight excluding hydrogens is 284 g/mol. The molecule has 0 aromatic rings. The zero-order chi connectivity index (χ0) is 17.7. The molecule has 136 valence electrons. The van der Waals surface area contributed by atoms with E-state index in [-0.39, 0.29) is 11.3 Å². The third-order valence-corrected chi connectivity index (χ3v) is 7.94. The summed E-state index contributed by atoms with van der Waals surface area (Å²) in [6, 6.07) is 0. The minimum atomic E-state index is -0.635. The van der Waals surface area contributed by atoms with E-state index in [4.69, 9.17) is 0 Å². The van der Waals surface area contributed by atoms with Crippen LogP contribution in [0.3, 0.4) is 0 Å². The molecule has 2 fully saturated rings. The zero-order valence-electron chi connectivity index (χ0n) is 16.6. The van der Waals surface area contributed by atoms with Crippen LogP contribution in [0, 0.1) is 28.6 Å². The molecule has 2 N–H and O–H groups in total. The van der Waals surface area contributed by atoms with E-state index < -0.39 is 11.2 Å². The highest BCUT2D eigenvalue weighted by Crippen LogP contribution is 2.63. The summed E-state index contributed by atoms with van der Waals surface area (Å²) >= 11 is 0. The molecular formula is C21H40O2. The van der Waals surface area contributed by atoms with Gasteiger partial charge in [-0.05, 0) is 81.0 Å². The van der Waals surface area contributed by atoms with Crippen LogP contribution in [0.1, 0.15) is 93.4 Å². The standard InChI is InChI=1S/C21H40O2/c1-15(2)20(6,22)13-10-17-19(5)12-8-11-18(3,4)16(19)9-14-21(17,7)23/h15-17,22-23H,8-14H2,1-7H3/t16-,17+,19-,20+,21+/m0/s1. The first-order valence-corrected chi connectivity index (χ1v) is 9.78. The maximum absolute atomic E-state index is 11.2. The molecule has 2 heteroatoms. The van der Waals surface area contributed by atoms with Gasteiger partial charge in [-0.25, -0.2) is 0 Å². The highest BCUT2D eigenvalue weighted by Gasteiger charge is 2.57. The normalized spacial score (nSPS) is 43.0. The number of fused-ring (bicyclic) bond motifs is 1. The van der Waals surface area contributed by atoms with Gasteiger partial charge in [0.2, 0.25) is 0 Å². The second-order valence-electron chi connectivity index (χ2n) is 10.4. The minimum absolute atomic E-state index is 0.205. The molecule has 0 bridgehead atoms. The van der Waals surface area contributed by atoms with E-state index in [2.05, 4.69) is 34.6 Å². The maximum Gasteiger partial charge on any atom is 0.0653 e. The van der Waals surface area contributed by atoms with Crippen molar-refractivity contribution >= 4 is 0 Å². The Labute approximate surface area is 144 Å². The van der Waals surface area contributed by atoms with Crippen molar-refractivity contribution in [3.8, 4) is 0 Å². The van der Waals surface area contributed by atoms with Crippen LogP contribution < -0.4 is 0 Å². The molecule has 0 aromatic carbocycles. The molecule has 0 amide bonds. The summed E-state index contributed by atoms with van der Waals surface area (Å²) < 4.78 is 0.